The van der Waals surface area contributed by atoms with E-state index in [0.717, 1.165) is 0 Å². The summed E-state index contributed by atoms with van der Waals surface area (Å²) in [5.74, 6) is 0.667. The fourth-order valence-corrected chi connectivity index (χ4v) is 3.36. The molecule has 0 aliphatic carbocycles. The van der Waals surface area contributed by atoms with Crippen LogP contribution < -0.4 is 20.1 Å². The first-order valence-electron chi connectivity index (χ1n) is 9.06. The monoisotopic (exact) mass is 410 g/mol. The van der Waals surface area contributed by atoms with Crippen LogP contribution in [0.4, 0.5) is 16.0 Å². The van der Waals surface area contributed by atoms with Crippen molar-refractivity contribution in [1.29, 1.82) is 0 Å². The Morgan fingerprint density at radius 3 is 2.63 bits per heavy atom. The normalized spacial score (nSPS) is 15.3. The first-order chi connectivity index (χ1) is 14.5. The number of carbonyl (C=O) groups is 1. The van der Waals surface area contributed by atoms with Gasteiger partial charge in [0.1, 0.15) is 23.4 Å². The smallest absolute Gasteiger partial charge is 0.255 e. The highest BCUT2D eigenvalue weighted by atomic mass is 19.1. The van der Waals surface area contributed by atoms with Gasteiger partial charge < -0.3 is 20.1 Å². The lowest BCUT2D eigenvalue weighted by molar-refractivity contribution is -0.113. The second-order valence-electron chi connectivity index (χ2n) is 6.59. The minimum absolute atomic E-state index is 0.377. The van der Waals surface area contributed by atoms with E-state index >= 15 is 0 Å². The molecule has 2 N–H and O–H groups in total. The van der Waals surface area contributed by atoms with Crippen molar-refractivity contribution in [2.45, 2.75) is 13.0 Å². The Balaban J connectivity index is 1.75. The van der Waals surface area contributed by atoms with Crippen LogP contribution in [0.1, 0.15) is 18.5 Å². The van der Waals surface area contributed by atoms with Crippen molar-refractivity contribution in [3.8, 4) is 11.5 Å². The van der Waals surface area contributed by atoms with Crippen molar-refractivity contribution in [1.82, 2.24) is 20.2 Å². The average molecular weight is 410 g/mol. The van der Waals surface area contributed by atoms with Crippen LogP contribution in [0.15, 0.2) is 53.7 Å². The highest BCUT2D eigenvalue weighted by molar-refractivity contribution is 6.06. The first kappa shape index (κ1) is 19.4. The number of fused-ring (bicyclic) bond motifs is 1. The van der Waals surface area contributed by atoms with Gasteiger partial charge in [0, 0.05) is 11.8 Å². The molecule has 10 heteroatoms. The molecule has 154 valence electrons. The molecule has 0 unspecified atom stereocenters. The summed E-state index contributed by atoms with van der Waals surface area (Å²) in [5.41, 5.74) is 2.06. The van der Waals surface area contributed by atoms with Gasteiger partial charge >= 0.3 is 0 Å². The molecule has 1 aliphatic heterocycles. The topological polar surface area (TPSA) is 103 Å². The van der Waals surface area contributed by atoms with E-state index in [1.165, 1.54) is 31.0 Å². The molecule has 0 saturated carbocycles. The number of benzene rings is 2. The fourth-order valence-electron chi connectivity index (χ4n) is 3.36. The highest BCUT2D eigenvalue weighted by Crippen LogP contribution is 2.36. The first-order valence-corrected chi connectivity index (χ1v) is 9.06. The van der Waals surface area contributed by atoms with Gasteiger partial charge in [0.05, 0.1) is 25.5 Å². The van der Waals surface area contributed by atoms with E-state index in [1.54, 1.807) is 37.3 Å². The molecule has 0 saturated heterocycles. The number of tetrazole rings is 1. The van der Waals surface area contributed by atoms with Crippen LogP contribution in [0.2, 0.25) is 0 Å². The predicted molar refractivity (Wildman–Crippen MR) is 107 cm³/mol. The minimum Gasteiger partial charge on any atom is -0.497 e. The van der Waals surface area contributed by atoms with Gasteiger partial charge in [0.25, 0.3) is 5.91 Å². The number of anilines is 2. The van der Waals surface area contributed by atoms with E-state index in [4.69, 9.17) is 9.47 Å². The van der Waals surface area contributed by atoms with Gasteiger partial charge in [0.2, 0.25) is 5.95 Å². The predicted octanol–water partition coefficient (Wildman–Crippen LogP) is 2.76. The lowest BCUT2D eigenvalue weighted by Crippen LogP contribution is -2.31. The number of hydrogen-bond donors (Lipinski definition) is 2. The van der Waals surface area contributed by atoms with Crippen LogP contribution in [0.5, 0.6) is 11.5 Å². The highest BCUT2D eigenvalue weighted by Gasteiger charge is 2.34. The second-order valence-corrected chi connectivity index (χ2v) is 6.59. The van der Waals surface area contributed by atoms with E-state index in [0.29, 0.717) is 40.0 Å². The quantitative estimate of drug-likeness (QED) is 0.667. The summed E-state index contributed by atoms with van der Waals surface area (Å²) in [5, 5.41) is 17.6. The van der Waals surface area contributed by atoms with Crippen LogP contribution in [0.25, 0.3) is 0 Å². The molecule has 0 bridgehead atoms. The molecule has 2 aromatic carbocycles. The average Bonchev–Trinajstić information content (AvgIpc) is 3.21. The van der Waals surface area contributed by atoms with E-state index in [1.807, 2.05) is 0 Å². The molecule has 9 nitrogen and oxygen atoms in total. The van der Waals surface area contributed by atoms with Crippen molar-refractivity contribution in [3.05, 3.63) is 65.1 Å². The summed E-state index contributed by atoms with van der Waals surface area (Å²) in [4.78, 5) is 13.4. The standard InChI is InChI=1S/C20H19FN6O3/c1-11-17(19(28)23-15-10-14(29-2)8-9-16(15)30-3)18(12-4-6-13(21)7-5-12)27-20(22-11)24-25-26-27/h4-10,18H,1-3H3,(H,23,28)(H,22,24,26)/t18-/m0/s1. The number of halogens is 1. The molecule has 2 heterocycles. The van der Waals surface area contributed by atoms with Gasteiger partial charge in [-0.2, -0.15) is 4.68 Å². The molecule has 0 radical (unpaired) electrons. The zero-order valence-electron chi connectivity index (χ0n) is 16.5. The third-order valence-electron chi connectivity index (χ3n) is 4.80. The SMILES string of the molecule is COc1ccc(OC)c(NC(=O)C2=C(C)Nc3nnnn3[C@H]2c2ccc(F)cc2)c1. The molecular weight excluding hydrogens is 391 g/mol. The van der Waals surface area contributed by atoms with Gasteiger partial charge in [0.15, 0.2) is 0 Å². The number of aromatic nitrogens is 4. The summed E-state index contributed by atoms with van der Waals surface area (Å²) >= 11 is 0. The second kappa shape index (κ2) is 7.82. The van der Waals surface area contributed by atoms with Gasteiger partial charge in [-0.3, -0.25) is 4.79 Å². The number of amides is 1. The number of ether oxygens (including phenoxy) is 2. The van der Waals surface area contributed by atoms with Crippen LogP contribution >= 0.6 is 0 Å². The van der Waals surface area contributed by atoms with Crippen molar-refractivity contribution in [3.63, 3.8) is 0 Å². The lowest BCUT2D eigenvalue weighted by Gasteiger charge is -2.28. The number of nitrogens with zero attached hydrogens (tertiary/aromatic N) is 4. The molecule has 0 fully saturated rings. The van der Waals surface area contributed by atoms with Gasteiger partial charge in [-0.25, -0.2) is 4.39 Å². The maximum atomic E-state index is 13.5. The van der Waals surface area contributed by atoms with E-state index in [9.17, 15) is 9.18 Å². The van der Waals surface area contributed by atoms with Crippen molar-refractivity contribution < 1.29 is 18.7 Å². The summed E-state index contributed by atoms with van der Waals surface area (Å²) in [6.45, 7) is 1.76. The van der Waals surface area contributed by atoms with Crippen LogP contribution in [0.3, 0.4) is 0 Å². The third-order valence-corrected chi connectivity index (χ3v) is 4.80. The third kappa shape index (κ3) is 3.43. The largest absolute Gasteiger partial charge is 0.497 e. The van der Waals surface area contributed by atoms with Crippen LogP contribution in [0, 0.1) is 5.82 Å². The van der Waals surface area contributed by atoms with Crippen molar-refractivity contribution in [2.75, 3.05) is 24.9 Å². The zero-order chi connectivity index (χ0) is 21.3. The Kier molecular flexibility index (Phi) is 5.05. The molecule has 1 aliphatic rings. The number of carbonyl (C=O) groups excluding carboxylic acids is 1. The molecule has 1 atom stereocenters. The zero-order valence-corrected chi connectivity index (χ0v) is 16.5. The Labute approximate surface area is 171 Å². The van der Waals surface area contributed by atoms with E-state index in [-0.39, 0.29) is 11.7 Å². The van der Waals surface area contributed by atoms with Crippen molar-refractivity contribution in [2.24, 2.45) is 0 Å². The Morgan fingerprint density at radius 2 is 1.93 bits per heavy atom. The van der Waals surface area contributed by atoms with Crippen LogP contribution in [-0.4, -0.2) is 40.3 Å². The minimum atomic E-state index is -0.645. The van der Waals surface area contributed by atoms with Gasteiger partial charge in [-0.15, -0.1) is 0 Å². The Hall–Kier alpha value is -3.95. The van der Waals surface area contributed by atoms with Crippen LogP contribution in [-0.2, 0) is 4.79 Å². The lowest BCUT2D eigenvalue weighted by atomic mass is 9.95. The number of rotatable bonds is 5. The molecule has 3 aromatic rings. The summed E-state index contributed by atoms with van der Waals surface area (Å²) in [6, 6.07) is 10.3. The molecule has 1 aromatic heterocycles. The molecule has 0 spiro atoms. The Bertz CT molecular complexity index is 1130. The molecule has 30 heavy (non-hydrogen) atoms. The summed E-state index contributed by atoms with van der Waals surface area (Å²) in [7, 11) is 3.05. The molecule has 4 rings (SSSR count). The maximum Gasteiger partial charge on any atom is 0.255 e. The number of nitrogens with one attached hydrogen (secondary N) is 2. The fraction of sp³-hybridized carbons (Fsp3) is 0.200. The number of allylic oxidation sites excluding steroid dienone is 1. The Morgan fingerprint density at radius 1 is 1.17 bits per heavy atom. The van der Waals surface area contributed by atoms with Gasteiger partial charge in [-0.1, -0.05) is 17.2 Å². The number of methoxy groups -OCH3 is 2. The molecule has 1 amide bonds. The maximum absolute atomic E-state index is 13.5. The summed E-state index contributed by atoms with van der Waals surface area (Å²) < 4.78 is 25.6. The summed E-state index contributed by atoms with van der Waals surface area (Å²) in [6.07, 6.45) is 0. The van der Waals surface area contributed by atoms with Gasteiger partial charge in [-0.05, 0) is 47.2 Å². The number of hydrogen-bond acceptors (Lipinski definition) is 7. The molecular formula is C20H19FN6O3. The van der Waals surface area contributed by atoms with Crippen molar-refractivity contribution >= 4 is 17.5 Å². The van der Waals surface area contributed by atoms with E-state index < -0.39 is 6.04 Å². The van der Waals surface area contributed by atoms with E-state index in [2.05, 4.69) is 26.2 Å².